The Morgan fingerprint density at radius 2 is 1.95 bits per heavy atom. The van der Waals surface area contributed by atoms with Crippen molar-refractivity contribution in [2.75, 3.05) is 13.1 Å². The lowest BCUT2D eigenvalue weighted by Gasteiger charge is -2.40. The summed E-state index contributed by atoms with van der Waals surface area (Å²) < 4.78 is 37.2. The molecule has 0 aliphatic heterocycles. The highest BCUT2D eigenvalue weighted by atomic mass is 19.4. The molecular weight excluding hydrogens is 287 g/mol. The lowest BCUT2D eigenvalue weighted by Crippen LogP contribution is -2.54. The third-order valence-electron chi connectivity index (χ3n) is 3.65. The van der Waals surface area contributed by atoms with E-state index in [0.717, 1.165) is 19.3 Å². The largest absolute Gasteiger partial charge is 0.390 e. The SMILES string of the molecule is CCNC(=O)NC(=O)[C@H](C)N(CCC(F)(F)F)C1CCC1. The van der Waals surface area contributed by atoms with Gasteiger partial charge < -0.3 is 5.32 Å². The van der Waals surface area contributed by atoms with E-state index in [4.69, 9.17) is 0 Å². The van der Waals surface area contributed by atoms with Crippen LogP contribution in [-0.2, 0) is 4.79 Å². The molecule has 0 saturated heterocycles. The number of carbonyl (C=O) groups is 2. The first-order valence-corrected chi connectivity index (χ1v) is 7.15. The normalized spacial score (nSPS) is 17.2. The molecule has 1 rings (SSSR count). The topological polar surface area (TPSA) is 61.4 Å². The van der Waals surface area contributed by atoms with Crippen LogP contribution in [0, 0.1) is 0 Å². The molecule has 0 aromatic carbocycles. The summed E-state index contributed by atoms with van der Waals surface area (Å²) >= 11 is 0. The van der Waals surface area contributed by atoms with Crippen molar-refractivity contribution in [2.24, 2.45) is 0 Å². The zero-order valence-electron chi connectivity index (χ0n) is 12.3. The van der Waals surface area contributed by atoms with Crippen LogP contribution in [0.3, 0.4) is 0 Å². The van der Waals surface area contributed by atoms with Crippen molar-refractivity contribution in [1.29, 1.82) is 0 Å². The fourth-order valence-electron chi connectivity index (χ4n) is 2.24. The number of halogens is 3. The summed E-state index contributed by atoms with van der Waals surface area (Å²) in [5.74, 6) is -0.574. The fraction of sp³-hybridized carbons (Fsp3) is 0.846. The van der Waals surface area contributed by atoms with Gasteiger partial charge >= 0.3 is 12.2 Å². The zero-order chi connectivity index (χ0) is 16.0. The van der Waals surface area contributed by atoms with Crippen LogP contribution in [0.25, 0.3) is 0 Å². The van der Waals surface area contributed by atoms with E-state index in [1.165, 1.54) is 6.92 Å². The molecule has 21 heavy (non-hydrogen) atoms. The van der Waals surface area contributed by atoms with Crippen LogP contribution in [0.2, 0.25) is 0 Å². The second-order valence-corrected chi connectivity index (χ2v) is 5.21. The number of carbonyl (C=O) groups excluding carboxylic acids is 2. The van der Waals surface area contributed by atoms with Gasteiger partial charge in [0.1, 0.15) is 0 Å². The van der Waals surface area contributed by atoms with E-state index in [1.54, 1.807) is 11.8 Å². The number of hydrogen-bond acceptors (Lipinski definition) is 3. The summed E-state index contributed by atoms with van der Waals surface area (Å²) in [5, 5.41) is 4.56. The van der Waals surface area contributed by atoms with Gasteiger partial charge in [-0.2, -0.15) is 13.2 Å². The van der Waals surface area contributed by atoms with Crippen molar-refractivity contribution in [3.05, 3.63) is 0 Å². The average Bonchev–Trinajstić information content (AvgIpc) is 2.30. The Morgan fingerprint density at radius 3 is 2.38 bits per heavy atom. The van der Waals surface area contributed by atoms with Crippen LogP contribution >= 0.6 is 0 Å². The number of nitrogens with zero attached hydrogens (tertiary/aromatic N) is 1. The third kappa shape index (κ3) is 5.91. The van der Waals surface area contributed by atoms with Crippen molar-refractivity contribution in [3.8, 4) is 0 Å². The quantitative estimate of drug-likeness (QED) is 0.789. The van der Waals surface area contributed by atoms with Crippen LogP contribution in [0.4, 0.5) is 18.0 Å². The molecule has 1 atom stereocenters. The van der Waals surface area contributed by atoms with Gasteiger partial charge in [0.15, 0.2) is 0 Å². The maximum absolute atomic E-state index is 12.4. The molecule has 0 radical (unpaired) electrons. The van der Waals surface area contributed by atoms with Gasteiger partial charge in [0, 0.05) is 19.1 Å². The molecule has 0 spiro atoms. The van der Waals surface area contributed by atoms with Gasteiger partial charge in [0.05, 0.1) is 12.5 Å². The van der Waals surface area contributed by atoms with Gasteiger partial charge in [-0.05, 0) is 26.7 Å². The van der Waals surface area contributed by atoms with Crippen LogP contribution in [0.15, 0.2) is 0 Å². The summed E-state index contributed by atoms with van der Waals surface area (Å²) in [6.45, 7) is 3.38. The van der Waals surface area contributed by atoms with Crippen molar-refractivity contribution in [1.82, 2.24) is 15.5 Å². The molecular formula is C13H22F3N3O2. The molecule has 1 fully saturated rings. The van der Waals surface area contributed by atoms with E-state index in [9.17, 15) is 22.8 Å². The fourth-order valence-corrected chi connectivity index (χ4v) is 2.24. The molecule has 122 valence electrons. The minimum atomic E-state index is -4.25. The minimum Gasteiger partial charge on any atom is -0.338 e. The van der Waals surface area contributed by atoms with Gasteiger partial charge in [-0.25, -0.2) is 4.79 Å². The number of nitrogens with one attached hydrogen (secondary N) is 2. The second kappa shape index (κ2) is 7.63. The predicted octanol–water partition coefficient (Wildman–Crippen LogP) is 2.03. The second-order valence-electron chi connectivity index (χ2n) is 5.21. The van der Waals surface area contributed by atoms with Crippen LogP contribution in [0.5, 0.6) is 0 Å². The number of amides is 3. The predicted molar refractivity (Wildman–Crippen MR) is 71.7 cm³/mol. The molecule has 8 heteroatoms. The highest BCUT2D eigenvalue weighted by Gasteiger charge is 2.35. The number of rotatable bonds is 6. The Balaban J connectivity index is 2.59. The minimum absolute atomic E-state index is 0.0117. The smallest absolute Gasteiger partial charge is 0.338 e. The number of urea groups is 1. The van der Waals surface area contributed by atoms with E-state index in [-0.39, 0.29) is 12.6 Å². The Labute approximate surface area is 122 Å². The molecule has 0 aromatic heterocycles. The van der Waals surface area contributed by atoms with Crippen molar-refractivity contribution < 1.29 is 22.8 Å². The summed E-state index contributed by atoms with van der Waals surface area (Å²) in [6.07, 6.45) is -2.68. The first-order valence-electron chi connectivity index (χ1n) is 7.15. The summed E-state index contributed by atoms with van der Waals surface area (Å²) in [5.41, 5.74) is 0. The van der Waals surface area contributed by atoms with Gasteiger partial charge in [-0.1, -0.05) is 6.42 Å². The molecule has 1 aliphatic rings. The standard InChI is InChI=1S/C13H22F3N3O2/c1-3-17-12(21)18-11(20)9(2)19(10-5-4-6-10)8-7-13(14,15)16/h9-10H,3-8H2,1-2H3,(H2,17,18,20,21)/t9-/m0/s1. The molecule has 0 unspecified atom stereocenters. The van der Waals surface area contributed by atoms with E-state index < -0.39 is 30.6 Å². The Bertz CT molecular complexity index is 370. The number of imide groups is 1. The summed E-state index contributed by atoms with van der Waals surface area (Å²) in [4.78, 5) is 24.8. The highest BCUT2D eigenvalue weighted by Crippen LogP contribution is 2.29. The number of alkyl halides is 3. The first-order chi connectivity index (χ1) is 9.74. The maximum Gasteiger partial charge on any atom is 0.390 e. The van der Waals surface area contributed by atoms with E-state index in [0.29, 0.717) is 6.54 Å². The Hall–Kier alpha value is -1.31. The first kappa shape index (κ1) is 17.7. The van der Waals surface area contributed by atoms with Gasteiger partial charge in [-0.15, -0.1) is 0 Å². The zero-order valence-corrected chi connectivity index (χ0v) is 12.3. The Morgan fingerprint density at radius 1 is 1.33 bits per heavy atom. The van der Waals surface area contributed by atoms with Crippen LogP contribution < -0.4 is 10.6 Å². The van der Waals surface area contributed by atoms with E-state index in [1.807, 2.05) is 0 Å². The highest BCUT2D eigenvalue weighted by molar-refractivity contribution is 5.96. The van der Waals surface area contributed by atoms with Crippen molar-refractivity contribution in [3.63, 3.8) is 0 Å². The number of hydrogen-bond donors (Lipinski definition) is 2. The van der Waals surface area contributed by atoms with Crippen LogP contribution in [-0.4, -0.2) is 48.2 Å². The van der Waals surface area contributed by atoms with Gasteiger partial charge in [0.25, 0.3) is 0 Å². The van der Waals surface area contributed by atoms with Gasteiger partial charge in [0.2, 0.25) is 5.91 Å². The maximum atomic E-state index is 12.4. The summed E-state index contributed by atoms with van der Waals surface area (Å²) in [7, 11) is 0. The van der Waals surface area contributed by atoms with Crippen LogP contribution in [0.1, 0.15) is 39.5 Å². The molecule has 3 amide bonds. The average molecular weight is 309 g/mol. The van der Waals surface area contributed by atoms with Gasteiger partial charge in [-0.3, -0.25) is 15.0 Å². The van der Waals surface area contributed by atoms with E-state index >= 15 is 0 Å². The molecule has 0 bridgehead atoms. The molecule has 5 nitrogen and oxygen atoms in total. The van der Waals surface area contributed by atoms with Crippen molar-refractivity contribution >= 4 is 11.9 Å². The molecule has 0 aromatic rings. The third-order valence-corrected chi connectivity index (χ3v) is 3.65. The van der Waals surface area contributed by atoms with Crippen molar-refractivity contribution in [2.45, 2.75) is 57.8 Å². The molecule has 2 N–H and O–H groups in total. The molecule has 0 heterocycles. The monoisotopic (exact) mass is 309 g/mol. The lowest BCUT2D eigenvalue weighted by atomic mass is 9.90. The molecule has 1 aliphatic carbocycles. The Kier molecular flexibility index (Phi) is 6.44. The lowest BCUT2D eigenvalue weighted by molar-refractivity contribution is -0.145. The van der Waals surface area contributed by atoms with E-state index in [2.05, 4.69) is 10.6 Å². The molecule has 1 saturated carbocycles. The summed E-state index contributed by atoms with van der Waals surface area (Å²) in [6, 6.07) is -1.40.